The Morgan fingerprint density at radius 1 is 1.09 bits per heavy atom. The second-order valence-electron chi connectivity index (χ2n) is 8.97. The highest BCUT2D eigenvalue weighted by atomic mass is 15.1. The van der Waals surface area contributed by atoms with Gasteiger partial charge in [0.05, 0.1) is 0 Å². The molecule has 33 heavy (non-hydrogen) atoms. The van der Waals surface area contributed by atoms with Crippen LogP contribution in [0.3, 0.4) is 0 Å². The minimum Gasteiger partial charge on any atom is -0.373 e. The van der Waals surface area contributed by atoms with Gasteiger partial charge >= 0.3 is 0 Å². The summed E-state index contributed by atoms with van der Waals surface area (Å²) in [6.07, 6.45) is 12.5. The molecule has 2 aliphatic heterocycles. The fraction of sp³-hybridized carbons (Fsp3) is 0.310. The summed E-state index contributed by atoms with van der Waals surface area (Å²) in [5, 5.41) is 5.42. The average molecular weight is 439 g/mol. The van der Waals surface area contributed by atoms with Crippen LogP contribution in [0.5, 0.6) is 0 Å². The van der Waals surface area contributed by atoms with E-state index in [2.05, 4.69) is 82.4 Å². The van der Waals surface area contributed by atoms with Crippen LogP contribution in [0.4, 0.5) is 5.82 Å². The third kappa shape index (κ3) is 6.17. The van der Waals surface area contributed by atoms with Crippen LogP contribution in [-0.4, -0.2) is 43.3 Å². The predicted molar refractivity (Wildman–Crippen MR) is 143 cm³/mol. The van der Waals surface area contributed by atoms with Crippen molar-refractivity contribution >= 4 is 34.5 Å². The molecule has 5 rings (SSSR count). The molecule has 170 valence electrons. The maximum atomic E-state index is 4.30. The zero-order valence-electron chi connectivity index (χ0n) is 19.8. The molecule has 4 nitrogen and oxygen atoms in total. The number of fused-ring (bicyclic) bond motifs is 1. The summed E-state index contributed by atoms with van der Waals surface area (Å²) in [5.74, 6) is 1.77. The van der Waals surface area contributed by atoms with Crippen LogP contribution in [0.2, 0.25) is 0 Å². The number of aromatic nitrogens is 1. The van der Waals surface area contributed by atoms with Gasteiger partial charge in [0.15, 0.2) is 0 Å². The molecular weight excluding hydrogens is 404 g/mol. The van der Waals surface area contributed by atoms with Crippen molar-refractivity contribution in [3.8, 4) is 0 Å². The van der Waals surface area contributed by atoms with E-state index in [4.69, 9.17) is 0 Å². The number of hydrogen-bond acceptors (Lipinski definition) is 4. The Bertz CT molecular complexity index is 1150. The van der Waals surface area contributed by atoms with E-state index >= 15 is 0 Å². The highest BCUT2D eigenvalue weighted by molar-refractivity contribution is 5.90. The van der Waals surface area contributed by atoms with Crippen molar-refractivity contribution in [2.45, 2.75) is 25.7 Å². The monoisotopic (exact) mass is 438 g/mol. The number of benzene rings is 2. The number of likely N-dealkylation sites (tertiary alicyclic amines) is 1. The van der Waals surface area contributed by atoms with E-state index in [1.807, 2.05) is 31.7 Å². The first-order valence-electron chi connectivity index (χ1n) is 11.8. The van der Waals surface area contributed by atoms with Gasteiger partial charge in [0.2, 0.25) is 0 Å². The molecule has 0 radical (unpaired) electrons. The Kier molecular flexibility index (Phi) is 7.69. The van der Waals surface area contributed by atoms with E-state index in [0.29, 0.717) is 0 Å². The van der Waals surface area contributed by atoms with E-state index in [0.717, 1.165) is 23.5 Å². The van der Waals surface area contributed by atoms with E-state index in [1.165, 1.54) is 60.0 Å². The van der Waals surface area contributed by atoms with Gasteiger partial charge in [-0.05, 0) is 85.1 Å². The molecule has 3 aromatic rings. The van der Waals surface area contributed by atoms with Crippen molar-refractivity contribution in [1.82, 2.24) is 9.88 Å². The number of pyridine rings is 1. The number of rotatable bonds is 5. The van der Waals surface area contributed by atoms with Gasteiger partial charge < -0.3 is 10.2 Å². The molecule has 1 N–H and O–H groups in total. The SMILES string of the molecule is C=Cc1cccc(CC2CCN(C)CC2)c1.CNc1cc2cc(C3=CN=CC3)ccc2cn1. The third-order valence-corrected chi connectivity index (χ3v) is 6.54. The van der Waals surface area contributed by atoms with Crippen LogP contribution >= 0.6 is 0 Å². The second kappa shape index (κ2) is 11.1. The summed E-state index contributed by atoms with van der Waals surface area (Å²) in [4.78, 5) is 10.9. The van der Waals surface area contributed by atoms with Crippen molar-refractivity contribution in [3.05, 3.63) is 84.2 Å². The van der Waals surface area contributed by atoms with Gasteiger partial charge in [0.25, 0.3) is 0 Å². The molecule has 0 saturated carbocycles. The summed E-state index contributed by atoms with van der Waals surface area (Å²) in [5.41, 5.74) is 5.22. The van der Waals surface area contributed by atoms with Crippen LogP contribution in [0, 0.1) is 5.92 Å². The number of aliphatic imine (C=N–C) groups is 1. The van der Waals surface area contributed by atoms with Crippen LogP contribution in [-0.2, 0) is 6.42 Å². The molecule has 4 heteroatoms. The molecule has 2 aromatic carbocycles. The highest BCUT2D eigenvalue weighted by Gasteiger charge is 2.16. The Balaban J connectivity index is 0.000000157. The van der Waals surface area contributed by atoms with Crippen molar-refractivity contribution in [2.75, 3.05) is 32.5 Å². The zero-order chi connectivity index (χ0) is 23.0. The maximum Gasteiger partial charge on any atom is 0.126 e. The second-order valence-corrected chi connectivity index (χ2v) is 8.97. The largest absolute Gasteiger partial charge is 0.373 e. The number of allylic oxidation sites excluding steroid dienone is 1. The molecule has 0 amide bonds. The van der Waals surface area contributed by atoms with Gasteiger partial charge in [-0.3, -0.25) is 4.99 Å². The number of nitrogens with one attached hydrogen (secondary N) is 1. The van der Waals surface area contributed by atoms with E-state index < -0.39 is 0 Å². The van der Waals surface area contributed by atoms with E-state index in [-0.39, 0.29) is 0 Å². The summed E-state index contributed by atoms with van der Waals surface area (Å²) < 4.78 is 0. The molecular formula is C29H34N4. The standard InChI is InChI=1S/C15H21N.C14H13N3/c1-3-13-5-4-6-15(11-13)12-14-7-9-16(2)10-8-14;1-15-14-7-13-6-10(12-4-5-16-8-12)2-3-11(13)9-17-14/h3-6,11,14H,1,7-10,12H2,2H3;2-3,5-9H,4H2,1H3,(H,15,17). The van der Waals surface area contributed by atoms with E-state index in [9.17, 15) is 0 Å². The fourth-order valence-electron chi connectivity index (χ4n) is 4.46. The lowest BCUT2D eigenvalue weighted by molar-refractivity contribution is 0.219. The lowest BCUT2D eigenvalue weighted by Crippen LogP contribution is -2.30. The average Bonchev–Trinajstić information content (AvgIpc) is 3.40. The molecule has 0 unspecified atom stereocenters. The van der Waals surface area contributed by atoms with Crippen molar-refractivity contribution < 1.29 is 0 Å². The maximum absolute atomic E-state index is 4.30. The van der Waals surface area contributed by atoms with Crippen molar-refractivity contribution in [3.63, 3.8) is 0 Å². The fourth-order valence-corrected chi connectivity index (χ4v) is 4.46. The lowest BCUT2D eigenvalue weighted by Gasteiger charge is -2.29. The zero-order valence-corrected chi connectivity index (χ0v) is 19.8. The van der Waals surface area contributed by atoms with Crippen molar-refractivity contribution in [2.24, 2.45) is 10.9 Å². The Morgan fingerprint density at radius 3 is 2.67 bits per heavy atom. The highest BCUT2D eigenvalue weighted by Crippen LogP contribution is 2.26. The predicted octanol–water partition coefficient (Wildman–Crippen LogP) is 6.31. The van der Waals surface area contributed by atoms with Gasteiger partial charge in [-0.25, -0.2) is 4.98 Å². The van der Waals surface area contributed by atoms with Gasteiger partial charge in [0.1, 0.15) is 5.82 Å². The smallest absolute Gasteiger partial charge is 0.126 e. The van der Waals surface area contributed by atoms with Gasteiger partial charge in [0, 0.05) is 37.5 Å². The van der Waals surface area contributed by atoms with Gasteiger partial charge in [-0.1, -0.05) is 49.1 Å². The number of nitrogens with zero attached hydrogens (tertiary/aromatic N) is 3. The Hall–Kier alpha value is -3.24. The van der Waals surface area contributed by atoms with Gasteiger partial charge in [-0.2, -0.15) is 0 Å². The lowest BCUT2D eigenvalue weighted by atomic mass is 9.90. The molecule has 1 aromatic heterocycles. The summed E-state index contributed by atoms with van der Waals surface area (Å²) >= 11 is 0. The minimum atomic E-state index is 0.872. The molecule has 0 spiro atoms. The Labute approximate surface area is 197 Å². The van der Waals surface area contributed by atoms with Crippen LogP contribution in [0.15, 0.2) is 72.5 Å². The number of anilines is 1. The topological polar surface area (TPSA) is 40.5 Å². The molecule has 1 saturated heterocycles. The molecule has 1 fully saturated rings. The summed E-state index contributed by atoms with van der Waals surface area (Å²) in [6, 6.07) is 17.3. The quantitative estimate of drug-likeness (QED) is 0.508. The molecule has 0 bridgehead atoms. The molecule has 3 heterocycles. The summed E-state index contributed by atoms with van der Waals surface area (Å²) in [6.45, 7) is 6.33. The molecule has 2 aliphatic rings. The normalized spacial score (nSPS) is 16.2. The van der Waals surface area contributed by atoms with E-state index in [1.54, 1.807) is 0 Å². The number of hydrogen-bond donors (Lipinski definition) is 1. The molecule has 0 aliphatic carbocycles. The first-order valence-corrected chi connectivity index (χ1v) is 11.8. The first kappa shape index (κ1) is 22.9. The van der Waals surface area contributed by atoms with Crippen LogP contribution < -0.4 is 5.32 Å². The Morgan fingerprint density at radius 2 is 1.94 bits per heavy atom. The first-order chi connectivity index (χ1) is 16.1. The third-order valence-electron chi connectivity index (χ3n) is 6.54. The van der Waals surface area contributed by atoms with Crippen molar-refractivity contribution in [1.29, 1.82) is 0 Å². The van der Waals surface area contributed by atoms with Crippen LogP contribution in [0.1, 0.15) is 36.0 Å². The minimum absolute atomic E-state index is 0.872. The van der Waals surface area contributed by atoms with Crippen LogP contribution in [0.25, 0.3) is 22.4 Å². The van der Waals surface area contributed by atoms with Gasteiger partial charge in [-0.15, -0.1) is 0 Å². The summed E-state index contributed by atoms with van der Waals surface area (Å²) in [7, 11) is 4.10. The number of piperidine rings is 1. The molecule has 0 atom stereocenters.